The lowest BCUT2D eigenvalue weighted by atomic mass is 9.91. The summed E-state index contributed by atoms with van der Waals surface area (Å²) in [5.41, 5.74) is 17.3. The fourth-order valence-corrected chi connectivity index (χ4v) is 19.3. The van der Waals surface area contributed by atoms with Gasteiger partial charge in [0.15, 0.2) is 0 Å². The Labute approximate surface area is 408 Å². The van der Waals surface area contributed by atoms with E-state index in [1.54, 1.807) is 0 Å². The van der Waals surface area contributed by atoms with Gasteiger partial charge in [0.1, 0.15) is 0 Å². The van der Waals surface area contributed by atoms with Gasteiger partial charge in [-0.1, -0.05) is 184 Å². The van der Waals surface area contributed by atoms with E-state index in [0.717, 1.165) is 12.8 Å². The summed E-state index contributed by atoms with van der Waals surface area (Å²) >= 11 is -5.34. The summed E-state index contributed by atoms with van der Waals surface area (Å²) in [6.45, 7) is 48.5. The van der Waals surface area contributed by atoms with E-state index in [1.807, 2.05) is 0 Å². The average Bonchev–Trinajstić information content (AvgIpc) is 3.22. The molecule has 2 heterocycles. The zero-order chi connectivity index (χ0) is 47.9. The molecule has 2 aliphatic heterocycles. The van der Waals surface area contributed by atoms with Gasteiger partial charge in [-0.15, -0.1) is 0 Å². The van der Waals surface area contributed by atoms with Crippen LogP contribution in [0.25, 0.3) is 0 Å². The maximum absolute atomic E-state index is 8.94. The van der Waals surface area contributed by atoms with E-state index in [9.17, 15) is 0 Å². The first-order valence-electron chi connectivity index (χ1n) is 25.9. The predicted molar refractivity (Wildman–Crippen MR) is 288 cm³/mol. The van der Waals surface area contributed by atoms with Crippen molar-refractivity contribution in [2.45, 2.75) is 223 Å². The Morgan fingerprint density at radius 3 is 0.615 bits per heavy atom. The SMILES string of the molecule is CC(C)c1cccc(C(C)C)c1[N]1C(C)CC(C)[N](c2c(C(C)C)cccc2C(C)C)[Al]1[O][Al]1[N](c2c(C(C)C)cccc2C(C)C)C(C)CC(C)[N]1c1c(C(C)C)cccc1C(C)C. The molecule has 352 valence electrons. The molecule has 0 amide bonds. The molecule has 2 aliphatic rings. The number of hydrogen-bond donors (Lipinski definition) is 0. The van der Waals surface area contributed by atoms with Gasteiger partial charge >= 0.3 is 29.8 Å². The average molecular weight is 911 g/mol. The van der Waals surface area contributed by atoms with Crippen LogP contribution < -0.4 is 15.5 Å². The van der Waals surface area contributed by atoms with E-state index < -0.39 is 29.8 Å². The largest absolute Gasteiger partial charge is 0.767 e. The molecule has 4 atom stereocenters. The molecule has 5 nitrogen and oxygen atoms in total. The van der Waals surface area contributed by atoms with E-state index in [1.165, 1.54) is 67.3 Å². The van der Waals surface area contributed by atoms with Gasteiger partial charge in [0.2, 0.25) is 0 Å². The Morgan fingerprint density at radius 1 is 0.323 bits per heavy atom. The Morgan fingerprint density at radius 2 is 0.477 bits per heavy atom. The minimum atomic E-state index is -2.67. The number of benzene rings is 4. The second-order valence-electron chi connectivity index (χ2n) is 22.7. The van der Waals surface area contributed by atoms with Crippen LogP contribution in [-0.4, -0.2) is 54.0 Å². The first-order chi connectivity index (χ1) is 30.6. The highest BCUT2D eigenvalue weighted by Gasteiger charge is 2.60. The molecular weight excluding hydrogens is 823 g/mol. The lowest BCUT2D eigenvalue weighted by Crippen LogP contribution is -2.74. The zero-order valence-corrected chi connectivity index (χ0v) is 46.9. The van der Waals surface area contributed by atoms with Gasteiger partial charge in [-0.3, -0.25) is 0 Å². The molecule has 0 radical (unpaired) electrons. The van der Waals surface area contributed by atoms with Gasteiger partial charge in [-0.25, -0.2) is 0 Å². The van der Waals surface area contributed by atoms with Gasteiger partial charge in [0, 0.05) is 46.9 Å². The third-order valence-corrected chi connectivity index (χ3v) is 21.8. The van der Waals surface area contributed by atoms with E-state index in [4.69, 9.17) is 2.84 Å². The quantitative estimate of drug-likeness (QED) is 0.117. The molecule has 2 saturated heterocycles. The number of hydrogen-bond acceptors (Lipinski definition) is 5. The molecule has 0 bridgehead atoms. The van der Waals surface area contributed by atoms with E-state index in [0.29, 0.717) is 71.5 Å². The summed E-state index contributed by atoms with van der Waals surface area (Å²) in [4.78, 5) is 0. The summed E-state index contributed by atoms with van der Waals surface area (Å²) in [6.07, 6.45) is 2.13. The molecule has 0 aliphatic carbocycles. The molecule has 4 aromatic carbocycles. The normalized spacial score (nSPS) is 19.9. The minimum absolute atomic E-state index is 0.293. The van der Waals surface area contributed by atoms with Crippen LogP contribution in [0.4, 0.5) is 22.7 Å². The van der Waals surface area contributed by atoms with Gasteiger partial charge in [0.25, 0.3) is 0 Å². The van der Waals surface area contributed by atoms with Gasteiger partial charge in [0.05, 0.1) is 0 Å². The van der Waals surface area contributed by atoms with Crippen LogP contribution in [0.3, 0.4) is 0 Å². The molecule has 0 spiro atoms. The molecule has 65 heavy (non-hydrogen) atoms. The molecule has 6 rings (SSSR count). The Hall–Kier alpha value is -2.90. The van der Waals surface area contributed by atoms with Crippen LogP contribution in [-0.2, 0) is 2.84 Å². The number of para-hydroxylation sites is 4. The van der Waals surface area contributed by atoms with Gasteiger partial charge < -0.3 is 18.4 Å². The molecular formula is C58H88Al2N4O. The number of rotatable bonds is 14. The molecule has 7 heteroatoms. The Bertz CT molecular complexity index is 1820. The van der Waals surface area contributed by atoms with Crippen LogP contribution >= 0.6 is 0 Å². The standard InChI is InChI=1S/2C29H44N2.2Al.O/c2*1-18(2)24-13-11-14-25(19(3)4)28(24)30-22(9)17-23(10)31-29-26(20(5)6)15-12-16-27(29)21(7)8;;;/h2*11-16,18-23H,17H2,1-10H3;;;/q2*-2;2*+2;. The summed E-state index contributed by atoms with van der Waals surface area (Å²) < 4.78 is 20.7. The van der Waals surface area contributed by atoms with Crippen LogP contribution in [0.2, 0.25) is 0 Å². The van der Waals surface area contributed by atoms with Crippen LogP contribution in [0.1, 0.15) is 243 Å². The highest BCUT2D eigenvalue weighted by atomic mass is 27.3. The number of anilines is 4. The predicted octanol–water partition coefficient (Wildman–Crippen LogP) is 16.3. The molecule has 4 unspecified atom stereocenters. The summed E-state index contributed by atoms with van der Waals surface area (Å²) in [5, 5.41) is 0. The summed E-state index contributed by atoms with van der Waals surface area (Å²) in [5.74, 6) is 2.93. The van der Waals surface area contributed by atoms with Crippen molar-refractivity contribution in [2.75, 3.05) is 15.5 Å². The van der Waals surface area contributed by atoms with Crippen LogP contribution in [0.15, 0.2) is 72.8 Å². The molecule has 0 N–H and O–H groups in total. The topological polar surface area (TPSA) is 22.2 Å². The van der Waals surface area contributed by atoms with E-state index in [-0.39, 0.29) is 0 Å². The van der Waals surface area contributed by atoms with Crippen molar-refractivity contribution in [3.8, 4) is 0 Å². The van der Waals surface area contributed by atoms with Crippen LogP contribution in [0, 0.1) is 0 Å². The second kappa shape index (κ2) is 21.2. The second-order valence-corrected chi connectivity index (χ2v) is 27.3. The highest BCUT2D eigenvalue weighted by molar-refractivity contribution is 6.75. The third kappa shape index (κ3) is 10.1. The van der Waals surface area contributed by atoms with Crippen molar-refractivity contribution in [2.24, 2.45) is 0 Å². The third-order valence-electron chi connectivity index (χ3n) is 14.9. The van der Waals surface area contributed by atoms with Crippen molar-refractivity contribution in [3.63, 3.8) is 0 Å². The first kappa shape index (κ1) is 51.5. The van der Waals surface area contributed by atoms with E-state index in [2.05, 4.69) is 227 Å². The fraction of sp³-hybridized carbons (Fsp3) is 0.586. The molecule has 4 aromatic rings. The van der Waals surface area contributed by atoms with E-state index >= 15 is 0 Å². The van der Waals surface area contributed by atoms with Gasteiger partial charge in [-0.05, 0) is 132 Å². The van der Waals surface area contributed by atoms with Crippen LogP contribution in [0.5, 0.6) is 0 Å². The monoisotopic (exact) mass is 911 g/mol. The van der Waals surface area contributed by atoms with Crippen molar-refractivity contribution >= 4 is 52.6 Å². The molecule has 2 fully saturated rings. The van der Waals surface area contributed by atoms with Crippen molar-refractivity contribution in [1.82, 2.24) is 0 Å². The Kier molecular flexibility index (Phi) is 16.8. The fourth-order valence-electron chi connectivity index (χ4n) is 11.5. The number of nitrogens with zero attached hydrogens (tertiary/aromatic N) is 4. The highest BCUT2D eigenvalue weighted by Crippen LogP contribution is 2.48. The molecule has 0 aromatic heterocycles. The van der Waals surface area contributed by atoms with Crippen molar-refractivity contribution in [1.29, 1.82) is 0 Å². The Balaban J connectivity index is 1.81. The van der Waals surface area contributed by atoms with Crippen molar-refractivity contribution in [3.05, 3.63) is 117 Å². The molecule has 0 saturated carbocycles. The summed E-state index contributed by atoms with van der Waals surface area (Å²) in [6, 6.07) is 29.9. The maximum atomic E-state index is 8.94. The van der Waals surface area contributed by atoms with Gasteiger partial charge in [-0.2, -0.15) is 0 Å². The summed E-state index contributed by atoms with van der Waals surface area (Å²) in [7, 11) is 0. The minimum Gasteiger partial charge on any atom is -0.565 e. The zero-order valence-electron chi connectivity index (χ0n) is 44.6. The first-order valence-corrected chi connectivity index (χ1v) is 28.9. The smallest absolute Gasteiger partial charge is 0.565 e. The lowest BCUT2D eigenvalue weighted by Gasteiger charge is -2.56. The van der Waals surface area contributed by atoms with Crippen molar-refractivity contribution < 1.29 is 2.84 Å². The lowest BCUT2D eigenvalue weighted by molar-refractivity contribution is 0.432. The maximum Gasteiger partial charge on any atom is 0.767 e.